The van der Waals surface area contributed by atoms with E-state index in [4.69, 9.17) is 10.4 Å². The highest BCUT2D eigenvalue weighted by Crippen LogP contribution is 2.18. The molecule has 1 atom stereocenters. The fraction of sp³-hybridized carbons (Fsp3) is 0.214. The largest absolute Gasteiger partial charge is 0.480 e. The summed E-state index contributed by atoms with van der Waals surface area (Å²) in [6, 6.07) is 5.29. The van der Waals surface area contributed by atoms with E-state index < -0.39 is 18.0 Å². The van der Waals surface area contributed by atoms with Crippen LogP contribution in [0.25, 0.3) is 0 Å². The molecule has 0 aliphatic carbocycles. The molecule has 6 heteroatoms. The number of hydrogen-bond acceptors (Lipinski definition) is 3. The number of carbonyl (C=O) groups excluding carboxylic acids is 1. The molecule has 0 aromatic heterocycles. The number of amides is 2. The summed E-state index contributed by atoms with van der Waals surface area (Å²) in [5, 5.41) is 22.7. The number of hydrogen-bond donors (Lipinski definition) is 3. The summed E-state index contributed by atoms with van der Waals surface area (Å²) in [5.74, 6) is -1.15. The molecule has 20 heavy (non-hydrogen) atoms. The van der Waals surface area contributed by atoms with Crippen LogP contribution < -0.4 is 10.6 Å². The third kappa shape index (κ3) is 3.85. The molecule has 0 heterocycles. The summed E-state index contributed by atoms with van der Waals surface area (Å²) in [5.41, 5.74) is 1.41. The quantitative estimate of drug-likeness (QED) is 0.714. The van der Waals surface area contributed by atoms with Crippen molar-refractivity contribution in [3.63, 3.8) is 0 Å². The Bertz CT molecular complexity index is 576. The van der Waals surface area contributed by atoms with Crippen LogP contribution in [0.4, 0.5) is 10.5 Å². The maximum Gasteiger partial charge on any atom is 0.326 e. The molecule has 104 valence electrons. The Hall–Kier alpha value is -2.81. The molecular weight excluding hydrogens is 258 g/mol. The Morgan fingerprint density at radius 1 is 1.55 bits per heavy atom. The van der Waals surface area contributed by atoms with Crippen LogP contribution in [0.1, 0.15) is 17.5 Å². The van der Waals surface area contributed by atoms with Crippen LogP contribution in [0.3, 0.4) is 0 Å². The van der Waals surface area contributed by atoms with Gasteiger partial charge in [0.2, 0.25) is 0 Å². The highest BCUT2D eigenvalue weighted by molar-refractivity contribution is 5.93. The normalized spacial score (nSPS) is 11.0. The second-order valence-electron chi connectivity index (χ2n) is 4.12. The van der Waals surface area contributed by atoms with E-state index >= 15 is 0 Å². The highest BCUT2D eigenvalue weighted by Gasteiger charge is 2.18. The highest BCUT2D eigenvalue weighted by atomic mass is 16.4. The number of nitrogens with one attached hydrogen (secondary N) is 2. The molecular formula is C14H15N3O3. The van der Waals surface area contributed by atoms with Crippen molar-refractivity contribution in [3.05, 3.63) is 42.0 Å². The minimum absolute atomic E-state index is 0.113. The zero-order valence-electron chi connectivity index (χ0n) is 11.0. The van der Waals surface area contributed by atoms with E-state index in [0.717, 1.165) is 5.56 Å². The van der Waals surface area contributed by atoms with Gasteiger partial charge in [0.25, 0.3) is 0 Å². The first-order valence-electron chi connectivity index (χ1n) is 5.90. The first-order valence-corrected chi connectivity index (χ1v) is 5.90. The van der Waals surface area contributed by atoms with Crippen molar-refractivity contribution in [2.45, 2.75) is 19.4 Å². The predicted octanol–water partition coefficient (Wildman–Crippen LogP) is 2.02. The van der Waals surface area contributed by atoms with E-state index in [2.05, 4.69) is 17.2 Å². The molecule has 0 radical (unpaired) electrons. The third-order valence-electron chi connectivity index (χ3n) is 2.64. The standard InChI is InChI=1S/C14H15N3O3/c1-3-5-12(13(18)19)17-14(20)16-11-7-4-6-9(2)10(11)8-15/h3-4,6-7,12H,1,5H2,2H3,(H,18,19)(H2,16,17,20). The SMILES string of the molecule is C=CCC(NC(=O)Nc1cccc(C)c1C#N)C(=O)O. The lowest BCUT2D eigenvalue weighted by atomic mass is 10.1. The van der Waals surface area contributed by atoms with Gasteiger partial charge in [-0.05, 0) is 25.0 Å². The zero-order valence-corrected chi connectivity index (χ0v) is 11.0. The Labute approximate surface area is 116 Å². The van der Waals surface area contributed by atoms with Gasteiger partial charge in [0, 0.05) is 0 Å². The molecule has 0 fully saturated rings. The first kappa shape index (κ1) is 15.2. The van der Waals surface area contributed by atoms with Crippen molar-refractivity contribution >= 4 is 17.7 Å². The van der Waals surface area contributed by atoms with Gasteiger partial charge in [0.1, 0.15) is 12.1 Å². The fourth-order valence-corrected chi connectivity index (χ4v) is 1.63. The first-order chi connectivity index (χ1) is 9.49. The van der Waals surface area contributed by atoms with Crippen molar-refractivity contribution < 1.29 is 14.7 Å². The van der Waals surface area contributed by atoms with E-state index in [1.54, 1.807) is 25.1 Å². The molecule has 3 N–H and O–H groups in total. The Morgan fingerprint density at radius 2 is 2.25 bits per heavy atom. The van der Waals surface area contributed by atoms with Gasteiger partial charge in [0.15, 0.2) is 0 Å². The van der Waals surface area contributed by atoms with Crippen LogP contribution in [0.5, 0.6) is 0 Å². The lowest BCUT2D eigenvalue weighted by molar-refractivity contribution is -0.139. The summed E-state index contributed by atoms with van der Waals surface area (Å²) in [4.78, 5) is 22.7. The number of carboxylic acid groups (broad SMARTS) is 1. The molecule has 0 saturated heterocycles. The lowest BCUT2D eigenvalue weighted by Gasteiger charge is -2.14. The van der Waals surface area contributed by atoms with Crippen molar-refractivity contribution in [2.75, 3.05) is 5.32 Å². The molecule has 1 aromatic rings. The second kappa shape index (κ2) is 6.95. The number of urea groups is 1. The summed E-state index contributed by atoms with van der Waals surface area (Å²) in [7, 11) is 0. The van der Waals surface area contributed by atoms with Gasteiger partial charge in [-0.2, -0.15) is 5.26 Å². The van der Waals surface area contributed by atoms with E-state index in [0.29, 0.717) is 11.3 Å². The Balaban J connectivity index is 2.81. The lowest BCUT2D eigenvalue weighted by Crippen LogP contribution is -2.42. The van der Waals surface area contributed by atoms with Crippen molar-refractivity contribution in [3.8, 4) is 6.07 Å². The van der Waals surface area contributed by atoms with E-state index in [9.17, 15) is 9.59 Å². The molecule has 0 saturated carbocycles. The molecule has 0 aliphatic heterocycles. The molecule has 0 aliphatic rings. The number of aryl methyl sites for hydroxylation is 1. The fourth-order valence-electron chi connectivity index (χ4n) is 1.63. The number of benzene rings is 1. The Morgan fingerprint density at radius 3 is 2.80 bits per heavy atom. The van der Waals surface area contributed by atoms with Crippen LogP contribution in [-0.2, 0) is 4.79 Å². The van der Waals surface area contributed by atoms with Gasteiger partial charge >= 0.3 is 12.0 Å². The molecule has 6 nitrogen and oxygen atoms in total. The van der Waals surface area contributed by atoms with Crippen molar-refractivity contribution in [1.29, 1.82) is 5.26 Å². The average Bonchev–Trinajstić information content (AvgIpc) is 2.38. The second-order valence-corrected chi connectivity index (χ2v) is 4.12. The summed E-state index contributed by atoms with van der Waals surface area (Å²) in [6.07, 6.45) is 1.52. The van der Waals surface area contributed by atoms with Gasteiger partial charge < -0.3 is 15.7 Å². The number of anilines is 1. The predicted molar refractivity (Wildman–Crippen MR) is 74.3 cm³/mol. The molecule has 0 bridgehead atoms. The molecule has 1 rings (SSSR count). The van der Waals surface area contributed by atoms with Gasteiger partial charge in [-0.3, -0.25) is 0 Å². The monoisotopic (exact) mass is 273 g/mol. The van der Waals surface area contributed by atoms with Crippen molar-refractivity contribution in [1.82, 2.24) is 5.32 Å². The van der Waals surface area contributed by atoms with Crippen LogP contribution in [0.2, 0.25) is 0 Å². The number of rotatable bonds is 5. The van der Waals surface area contributed by atoms with E-state index in [-0.39, 0.29) is 6.42 Å². The number of nitriles is 1. The van der Waals surface area contributed by atoms with E-state index in [1.807, 2.05) is 6.07 Å². The Kier molecular flexibility index (Phi) is 5.30. The van der Waals surface area contributed by atoms with Crippen molar-refractivity contribution in [2.24, 2.45) is 0 Å². The molecule has 1 unspecified atom stereocenters. The number of carbonyl (C=O) groups is 2. The number of aliphatic carboxylic acids is 1. The smallest absolute Gasteiger partial charge is 0.326 e. The molecule has 0 spiro atoms. The molecule has 1 aromatic carbocycles. The van der Waals surface area contributed by atoms with Crippen LogP contribution >= 0.6 is 0 Å². The topological polar surface area (TPSA) is 102 Å². The third-order valence-corrected chi connectivity index (χ3v) is 2.64. The van der Waals surface area contributed by atoms with Gasteiger partial charge in [-0.15, -0.1) is 6.58 Å². The maximum atomic E-state index is 11.8. The number of nitrogens with zero attached hydrogens (tertiary/aromatic N) is 1. The maximum absolute atomic E-state index is 11.8. The molecule has 2 amide bonds. The minimum Gasteiger partial charge on any atom is -0.480 e. The van der Waals surface area contributed by atoms with Gasteiger partial charge in [-0.1, -0.05) is 18.2 Å². The summed E-state index contributed by atoms with van der Waals surface area (Å²) >= 11 is 0. The summed E-state index contributed by atoms with van der Waals surface area (Å²) < 4.78 is 0. The van der Waals surface area contributed by atoms with Gasteiger partial charge in [-0.25, -0.2) is 9.59 Å². The minimum atomic E-state index is -1.15. The zero-order chi connectivity index (χ0) is 15.1. The van der Waals surface area contributed by atoms with E-state index in [1.165, 1.54) is 6.08 Å². The van der Waals surface area contributed by atoms with Gasteiger partial charge in [0.05, 0.1) is 11.3 Å². The average molecular weight is 273 g/mol. The van der Waals surface area contributed by atoms with Crippen LogP contribution in [0, 0.1) is 18.3 Å². The number of carboxylic acids is 1. The summed E-state index contributed by atoms with van der Waals surface area (Å²) in [6.45, 7) is 5.18. The van der Waals surface area contributed by atoms with Crippen LogP contribution in [0.15, 0.2) is 30.9 Å². The van der Waals surface area contributed by atoms with Crippen LogP contribution in [-0.4, -0.2) is 23.1 Å².